The van der Waals surface area contributed by atoms with E-state index >= 15 is 0 Å². The first kappa shape index (κ1) is 19.6. The molecule has 2 aromatic rings. The zero-order chi connectivity index (χ0) is 20.2. The molecule has 2 fully saturated rings. The van der Waals surface area contributed by atoms with Gasteiger partial charge in [-0.05, 0) is 37.2 Å². The molecule has 2 N–H and O–H groups in total. The molecule has 1 atom stereocenters. The predicted molar refractivity (Wildman–Crippen MR) is 106 cm³/mol. The summed E-state index contributed by atoms with van der Waals surface area (Å²) in [6.45, 7) is 1.15. The SMILES string of the molecule is O=C(NC(c1ccccc1)C1CCN(C(=O)CCO)CC1)c1cc(C2CC2)on1. The number of nitrogens with zero attached hydrogens (tertiary/aromatic N) is 2. The van der Waals surface area contributed by atoms with Crippen LogP contribution in [-0.4, -0.2) is 46.7 Å². The third-order valence-electron chi connectivity index (χ3n) is 5.88. The van der Waals surface area contributed by atoms with Crippen LogP contribution in [0.2, 0.25) is 0 Å². The summed E-state index contributed by atoms with van der Waals surface area (Å²) in [5, 5.41) is 16.1. The van der Waals surface area contributed by atoms with Crippen LogP contribution < -0.4 is 5.32 Å². The number of piperidine rings is 1. The Hall–Kier alpha value is -2.67. The van der Waals surface area contributed by atoms with Gasteiger partial charge in [0.25, 0.3) is 5.91 Å². The predicted octanol–water partition coefficient (Wildman–Crippen LogP) is 2.64. The Morgan fingerprint density at radius 2 is 1.90 bits per heavy atom. The molecule has 2 amide bonds. The van der Waals surface area contributed by atoms with Crippen LogP contribution in [0.4, 0.5) is 0 Å². The number of amides is 2. The van der Waals surface area contributed by atoms with E-state index in [1.54, 1.807) is 11.0 Å². The fraction of sp³-hybridized carbons (Fsp3) is 0.500. The first-order chi connectivity index (χ1) is 14.2. The van der Waals surface area contributed by atoms with Gasteiger partial charge < -0.3 is 19.8 Å². The van der Waals surface area contributed by atoms with Gasteiger partial charge in [0.1, 0.15) is 5.76 Å². The summed E-state index contributed by atoms with van der Waals surface area (Å²) in [5.74, 6) is 1.18. The zero-order valence-electron chi connectivity index (χ0n) is 16.4. The van der Waals surface area contributed by atoms with Crippen molar-refractivity contribution in [2.24, 2.45) is 5.92 Å². The highest BCUT2D eigenvalue weighted by molar-refractivity contribution is 5.92. The summed E-state index contributed by atoms with van der Waals surface area (Å²) in [6.07, 6.45) is 3.94. The molecule has 1 aliphatic heterocycles. The van der Waals surface area contributed by atoms with E-state index in [0.717, 1.165) is 37.0 Å². The highest BCUT2D eigenvalue weighted by Gasteiger charge is 2.32. The maximum Gasteiger partial charge on any atom is 0.273 e. The van der Waals surface area contributed by atoms with Crippen LogP contribution in [0.15, 0.2) is 40.9 Å². The van der Waals surface area contributed by atoms with Gasteiger partial charge in [-0.25, -0.2) is 0 Å². The molecule has 1 saturated heterocycles. The number of nitrogens with one attached hydrogen (secondary N) is 1. The Morgan fingerprint density at radius 1 is 1.17 bits per heavy atom. The Bertz CT molecular complexity index is 839. The van der Waals surface area contributed by atoms with Gasteiger partial charge in [0, 0.05) is 31.5 Å². The van der Waals surface area contributed by atoms with Crippen LogP contribution in [0.3, 0.4) is 0 Å². The van der Waals surface area contributed by atoms with Crippen LogP contribution >= 0.6 is 0 Å². The molecule has 29 heavy (non-hydrogen) atoms. The zero-order valence-corrected chi connectivity index (χ0v) is 16.4. The summed E-state index contributed by atoms with van der Waals surface area (Å²) < 4.78 is 5.33. The second-order valence-electron chi connectivity index (χ2n) is 7.94. The molecule has 1 saturated carbocycles. The van der Waals surface area contributed by atoms with Gasteiger partial charge in [-0.15, -0.1) is 0 Å². The number of carbonyl (C=O) groups excluding carboxylic acids is 2. The van der Waals surface area contributed by atoms with E-state index in [-0.39, 0.29) is 36.8 Å². The maximum absolute atomic E-state index is 12.9. The van der Waals surface area contributed by atoms with Crippen LogP contribution in [0.5, 0.6) is 0 Å². The van der Waals surface area contributed by atoms with E-state index in [0.29, 0.717) is 24.7 Å². The molecule has 2 heterocycles. The van der Waals surface area contributed by atoms with E-state index in [2.05, 4.69) is 10.5 Å². The summed E-state index contributed by atoms with van der Waals surface area (Å²) in [7, 11) is 0. The van der Waals surface area contributed by atoms with E-state index in [1.807, 2.05) is 30.3 Å². The minimum atomic E-state index is -0.228. The van der Waals surface area contributed by atoms with Crippen LogP contribution in [-0.2, 0) is 4.79 Å². The van der Waals surface area contributed by atoms with Gasteiger partial charge >= 0.3 is 0 Å². The third-order valence-corrected chi connectivity index (χ3v) is 5.88. The van der Waals surface area contributed by atoms with E-state index in [4.69, 9.17) is 9.63 Å². The molecule has 0 radical (unpaired) electrons. The quantitative estimate of drug-likeness (QED) is 0.749. The molecular weight excluding hydrogens is 370 g/mol. The van der Waals surface area contributed by atoms with Crippen molar-refractivity contribution < 1.29 is 19.2 Å². The summed E-state index contributed by atoms with van der Waals surface area (Å²) in [4.78, 5) is 26.7. The van der Waals surface area contributed by atoms with Crippen molar-refractivity contribution in [1.82, 2.24) is 15.4 Å². The molecule has 0 spiro atoms. The van der Waals surface area contributed by atoms with Gasteiger partial charge in [-0.3, -0.25) is 9.59 Å². The standard InChI is InChI=1S/C22H27N3O4/c26-13-10-20(27)25-11-8-17(9-12-25)21(16-4-2-1-3-5-16)23-22(28)18-14-19(29-24-18)15-6-7-15/h1-5,14-15,17,21,26H,6-13H2,(H,23,28). The molecule has 1 unspecified atom stereocenters. The normalized spacial score (nSPS) is 18.4. The average molecular weight is 397 g/mol. The lowest BCUT2D eigenvalue weighted by molar-refractivity contribution is -0.133. The number of carbonyl (C=O) groups is 2. The lowest BCUT2D eigenvalue weighted by atomic mass is 9.85. The number of aromatic nitrogens is 1. The van der Waals surface area contributed by atoms with Crippen molar-refractivity contribution in [1.29, 1.82) is 0 Å². The van der Waals surface area contributed by atoms with Crippen molar-refractivity contribution in [3.63, 3.8) is 0 Å². The summed E-state index contributed by atoms with van der Waals surface area (Å²) in [6, 6.07) is 11.5. The smallest absolute Gasteiger partial charge is 0.273 e. The lowest BCUT2D eigenvalue weighted by Gasteiger charge is -2.36. The monoisotopic (exact) mass is 397 g/mol. The van der Waals surface area contributed by atoms with Gasteiger partial charge in [0.15, 0.2) is 5.69 Å². The maximum atomic E-state index is 12.9. The van der Waals surface area contributed by atoms with Gasteiger partial charge in [-0.1, -0.05) is 35.5 Å². The number of aliphatic hydroxyl groups excluding tert-OH is 1. The fourth-order valence-electron chi connectivity index (χ4n) is 4.04. The fourth-order valence-corrected chi connectivity index (χ4v) is 4.04. The first-order valence-corrected chi connectivity index (χ1v) is 10.4. The molecule has 154 valence electrons. The van der Waals surface area contributed by atoms with E-state index in [9.17, 15) is 9.59 Å². The first-order valence-electron chi connectivity index (χ1n) is 10.4. The van der Waals surface area contributed by atoms with E-state index < -0.39 is 0 Å². The average Bonchev–Trinajstić information content (AvgIpc) is 3.49. The minimum absolute atomic E-state index is 0.0125. The van der Waals surface area contributed by atoms with Crippen LogP contribution in [0.1, 0.15) is 65.9 Å². The Kier molecular flexibility index (Phi) is 5.94. The van der Waals surface area contributed by atoms with Crippen molar-refractivity contribution >= 4 is 11.8 Å². The number of rotatable bonds is 7. The molecule has 0 bridgehead atoms. The summed E-state index contributed by atoms with van der Waals surface area (Å²) in [5.41, 5.74) is 1.37. The molecular formula is C22H27N3O4. The molecule has 2 aliphatic rings. The summed E-state index contributed by atoms with van der Waals surface area (Å²) >= 11 is 0. The Morgan fingerprint density at radius 3 is 2.55 bits per heavy atom. The molecule has 1 aromatic carbocycles. The number of aliphatic hydroxyl groups is 1. The number of hydrogen-bond acceptors (Lipinski definition) is 5. The topological polar surface area (TPSA) is 95.7 Å². The van der Waals surface area contributed by atoms with Gasteiger partial charge in [0.2, 0.25) is 5.91 Å². The highest BCUT2D eigenvalue weighted by atomic mass is 16.5. The highest BCUT2D eigenvalue weighted by Crippen LogP contribution is 2.40. The van der Waals surface area contributed by atoms with Crippen LogP contribution in [0, 0.1) is 5.92 Å². The molecule has 1 aliphatic carbocycles. The number of hydrogen-bond donors (Lipinski definition) is 2. The Labute approximate surface area is 170 Å². The van der Waals surface area contributed by atoms with Crippen molar-refractivity contribution in [2.75, 3.05) is 19.7 Å². The number of likely N-dealkylation sites (tertiary alicyclic amines) is 1. The molecule has 4 rings (SSSR count). The minimum Gasteiger partial charge on any atom is -0.396 e. The van der Waals surface area contributed by atoms with Crippen molar-refractivity contribution in [3.05, 3.63) is 53.4 Å². The largest absolute Gasteiger partial charge is 0.396 e. The second kappa shape index (κ2) is 8.78. The Balaban J connectivity index is 1.45. The second-order valence-corrected chi connectivity index (χ2v) is 7.94. The van der Waals surface area contributed by atoms with Gasteiger partial charge in [-0.2, -0.15) is 0 Å². The third kappa shape index (κ3) is 4.67. The van der Waals surface area contributed by atoms with E-state index in [1.165, 1.54) is 0 Å². The van der Waals surface area contributed by atoms with Crippen LogP contribution in [0.25, 0.3) is 0 Å². The van der Waals surface area contributed by atoms with Crippen molar-refractivity contribution in [3.8, 4) is 0 Å². The molecule has 7 heteroatoms. The lowest BCUT2D eigenvalue weighted by Crippen LogP contribution is -2.43. The molecule has 7 nitrogen and oxygen atoms in total. The van der Waals surface area contributed by atoms with Gasteiger partial charge in [0.05, 0.1) is 12.6 Å². The number of benzene rings is 1. The molecule has 1 aromatic heterocycles. The van der Waals surface area contributed by atoms with Crippen molar-refractivity contribution in [2.45, 2.75) is 44.1 Å².